The number of hydrogen-bond acceptors (Lipinski definition) is 6. The van der Waals surface area contributed by atoms with Crippen molar-refractivity contribution in [3.8, 4) is 23.1 Å². The summed E-state index contributed by atoms with van der Waals surface area (Å²) in [6.45, 7) is 0.541. The van der Waals surface area contributed by atoms with Crippen LogP contribution in [0.3, 0.4) is 0 Å². The molecule has 1 fully saturated rings. The topological polar surface area (TPSA) is 96.2 Å². The third-order valence-electron chi connectivity index (χ3n) is 4.76. The zero-order chi connectivity index (χ0) is 20.3. The molecule has 7 nitrogen and oxygen atoms in total. The van der Waals surface area contributed by atoms with E-state index in [9.17, 15) is 8.42 Å². The molecule has 0 N–H and O–H groups in total. The van der Waals surface area contributed by atoms with Crippen molar-refractivity contribution < 1.29 is 13.2 Å². The Morgan fingerprint density at radius 2 is 1.69 bits per heavy atom. The molecule has 0 aliphatic carbocycles. The smallest absolute Gasteiger partial charge is 0.251 e. The van der Waals surface area contributed by atoms with Gasteiger partial charge in [0.25, 0.3) is 5.88 Å². The highest BCUT2D eigenvalue weighted by atomic mass is 32.2. The summed E-state index contributed by atoms with van der Waals surface area (Å²) in [6, 6.07) is 18.6. The third-order valence-corrected chi connectivity index (χ3v) is 6.64. The van der Waals surface area contributed by atoms with E-state index < -0.39 is 10.0 Å². The Hall–Kier alpha value is -3.28. The van der Waals surface area contributed by atoms with E-state index in [0.29, 0.717) is 13.0 Å². The van der Waals surface area contributed by atoms with Gasteiger partial charge in [0.05, 0.1) is 11.4 Å². The quantitative estimate of drug-likeness (QED) is 0.646. The van der Waals surface area contributed by atoms with Gasteiger partial charge in [-0.2, -0.15) is 9.57 Å². The van der Waals surface area contributed by atoms with Gasteiger partial charge in [-0.15, -0.1) is 0 Å². The second kappa shape index (κ2) is 7.99. The molecule has 0 spiro atoms. The van der Waals surface area contributed by atoms with Gasteiger partial charge in [0.1, 0.15) is 12.2 Å². The lowest BCUT2D eigenvalue weighted by Crippen LogP contribution is -2.31. The average Bonchev–Trinajstić information content (AvgIpc) is 3.24. The first kappa shape index (κ1) is 19.1. The Labute approximate surface area is 169 Å². The normalized spacial score (nSPS) is 17.0. The van der Waals surface area contributed by atoms with Crippen molar-refractivity contribution in [2.75, 3.05) is 13.1 Å². The van der Waals surface area contributed by atoms with Crippen LogP contribution in [-0.4, -0.2) is 41.9 Å². The van der Waals surface area contributed by atoms with Crippen LogP contribution in [0.5, 0.6) is 5.88 Å². The van der Waals surface area contributed by atoms with Gasteiger partial charge >= 0.3 is 0 Å². The van der Waals surface area contributed by atoms with E-state index in [1.54, 1.807) is 12.1 Å². The summed E-state index contributed by atoms with van der Waals surface area (Å²) >= 11 is 0. The number of sulfonamides is 1. The van der Waals surface area contributed by atoms with Crippen LogP contribution in [0, 0.1) is 11.3 Å². The molecule has 8 heteroatoms. The molecule has 0 saturated carbocycles. The summed E-state index contributed by atoms with van der Waals surface area (Å²) in [5.41, 5.74) is 2.08. The van der Waals surface area contributed by atoms with Crippen LogP contribution >= 0.6 is 0 Å². The lowest BCUT2D eigenvalue weighted by molar-refractivity contribution is 0.205. The molecule has 29 heavy (non-hydrogen) atoms. The van der Waals surface area contributed by atoms with Crippen LogP contribution in [-0.2, 0) is 10.0 Å². The van der Waals surface area contributed by atoms with Gasteiger partial charge in [0, 0.05) is 18.9 Å². The summed E-state index contributed by atoms with van der Waals surface area (Å²) in [6.07, 6.45) is 2.99. The van der Waals surface area contributed by atoms with E-state index in [-0.39, 0.29) is 29.1 Å². The summed E-state index contributed by atoms with van der Waals surface area (Å²) in [5, 5.41) is 9.09. The minimum Gasteiger partial charge on any atom is -0.471 e. The molecule has 0 bridgehead atoms. The van der Waals surface area contributed by atoms with E-state index >= 15 is 0 Å². The summed E-state index contributed by atoms with van der Waals surface area (Å²) in [5.74, 6) is 0.131. The molecule has 1 unspecified atom stereocenters. The average molecular weight is 406 g/mol. The largest absolute Gasteiger partial charge is 0.471 e. The number of rotatable bonds is 5. The SMILES string of the molecule is N#Cc1nccnc1OC1CCN(S(=O)(=O)c2ccc(-c3ccccc3)cc2)C1. The Balaban J connectivity index is 1.48. The van der Waals surface area contributed by atoms with Crippen molar-refractivity contribution in [3.63, 3.8) is 0 Å². The number of ether oxygens (including phenoxy) is 1. The number of nitriles is 1. The van der Waals surface area contributed by atoms with Crippen molar-refractivity contribution in [2.45, 2.75) is 17.4 Å². The summed E-state index contributed by atoms with van der Waals surface area (Å²) in [4.78, 5) is 8.17. The number of aromatic nitrogens is 2. The van der Waals surface area contributed by atoms with Gasteiger partial charge in [-0.3, -0.25) is 0 Å². The fraction of sp³-hybridized carbons (Fsp3) is 0.190. The van der Waals surface area contributed by atoms with Crippen molar-refractivity contribution in [1.82, 2.24) is 14.3 Å². The van der Waals surface area contributed by atoms with E-state index in [2.05, 4.69) is 9.97 Å². The first-order chi connectivity index (χ1) is 14.1. The lowest BCUT2D eigenvalue weighted by atomic mass is 10.1. The molecule has 2 aromatic carbocycles. The standard InChI is InChI=1S/C21H18N4O3S/c22-14-20-21(24-12-11-23-20)28-18-10-13-25(15-18)29(26,27)19-8-6-17(7-9-19)16-4-2-1-3-5-16/h1-9,11-12,18H,10,13,15H2. The molecule has 2 heterocycles. The fourth-order valence-corrected chi connectivity index (χ4v) is 4.74. The maximum atomic E-state index is 13.0. The monoisotopic (exact) mass is 406 g/mol. The Bertz CT molecular complexity index is 1140. The third kappa shape index (κ3) is 3.97. The summed E-state index contributed by atoms with van der Waals surface area (Å²) < 4.78 is 33.1. The number of hydrogen-bond donors (Lipinski definition) is 0. The van der Waals surface area contributed by atoms with Gasteiger partial charge in [-0.25, -0.2) is 18.4 Å². The fourth-order valence-electron chi connectivity index (χ4n) is 3.26. The number of benzene rings is 2. The zero-order valence-electron chi connectivity index (χ0n) is 15.5. The van der Waals surface area contributed by atoms with Crippen LogP contribution in [0.2, 0.25) is 0 Å². The predicted octanol–water partition coefficient (Wildman–Crippen LogP) is 2.86. The van der Waals surface area contributed by atoms with E-state index in [1.165, 1.54) is 16.7 Å². The Morgan fingerprint density at radius 1 is 1.00 bits per heavy atom. The molecule has 146 valence electrons. The van der Waals surface area contributed by atoms with Gasteiger partial charge in [-0.1, -0.05) is 42.5 Å². The van der Waals surface area contributed by atoms with E-state index in [0.717, 1.165) is 11.1 Å². The van der Waals surface area contributed by atoms with Crippen molar-refractivity contribution in [3.05, 3.63) is 72.7 Å². The molecule has 3 aromatic rings. The minimum absolute atomic E-state index is 0.0882. The zero-order valence-corrected chi connectivity index (χ0v) is 16.3. The highest BCUT2D eigenvalue weighted by molar-refractivity contribution is 7.89. The Morgan fingerprint density at radius 3 is 2.41 bits per heavy atom. The molecular weight excluding hydrogens is 388 g/mol. The first-order valence-corrected chi connectivity index (χ1v) is 10.6. The molecule has 0 amide bonds. The highest BCUT2D eigenvalue weighted by Crippen LogP contribution is 2.26. The van der Waals surface area contributed by atoms with Gasteiger partial charge in [0.2, 0.25) is 15.7 Å². The molecule has 1 saturated heterocycles. The number of nitrogens with zero attached hydrogens (tertiary/aromatic N) is 4. The molecule has 4 rings (SSSR count). The molecule has 1 atom stereocenters. The summed E-state index contributed by atoms with van der Waals surface area (Å²) in [7, 11) is -3.63. The van der Waals surface area contributed by atoms with Crippen molar-refractivity contribution in [1.29, 1.82) is 5.26 Å². The molecular formula is C21H18N4O3S. The Kier molecular flexibility index (Phi) is 5.25. The second-order valence-corrected chi connectivity index (χ2v) is 8.54. The van der Waals surface area contributed by atoms with Gasteiger partial charge in [0.15, 0.2) is 0 Å². The van der Waals surface area contributed by atoms with Crippen LogP contribution < -0.4 is 4.74 Å². The first-order valence-electron chi connectivity index (χ1n) is 9.11. The van der Waals surface area contributed by atoms with Gasteiger partial charge in [-0.05, 0) is 29.7 Å². The van der Waals surface area contributed by atoms with Gasteiger partial charge < -0.3 is 4.74 Å². The van der Waals surface area contributed by atoms with Crippen molar-refractivity contribution in [2.24, 2.45) is 0 Å². The maximum Gasteiger partial charge on any atom is 0.251 e. The lowest BCUT2D eigenvalue weighted by Gasteiger charge is -2.17. The van der Waals surface area contributed by atoms with E-state index in [4.69, 9.17) is 10.00 Å². The van der Waals surface area contributed by atoms with Crippen LogP contribution in [0.15, 0.2) is 71.9 Å². The van der Waals surface area contributed by atoms with Crippen LogP contribution in [0.1, 0.15) is 12.1 Å². The van der Waals surface area contributed by atoms with Crippen LogP contribution in [0.25, 0.3) is 11.1 Å². The second-order valence-electron chi connectivity index (χ2n) is 6.60. The van der Waals surface area contributed by atoms with Crippen LogP contribution in [0.4, 0.5) is 0 Å². The van der Waals surface area contributed by atoms with E-state index in [1.807, 2.05) is 48.5 Å². The maximum absolute atomic E-state index is 13.0. The highest BCUT2D eigenvalue weighted by Gasteiger charge is 2.34. The van der Waals surface area contributed by atoms with Crippen molar-refractivity contribution >= 4 is 10.0 Å². The molecule has 0 radical (unpaired) electrons. The molecule has 1 aromatic heterocycles. The molecule has 1 aliphatic heterocycles. The predicted molar refractivity (Wildman–Crippen MR) is 106 cm³/mol. The minimum atomic E-state index is -3.63. The molecule has 1 aliphatic rings.